The van der Waals surface area contributed by atoms with Crippen LogP contribution in [0.3, 0.4) is 0 Å². The zero-order valence-electron chi connectivity index (χ0n) is 16.0. The van der Waals surface area contributed by atoms with Gasteiger partial charge in [-0.2, -0.15) is 0 Å². The van der Waals surface area contributed by atoms with Crippen LogP contribution in [0.4, 0.5) is 0 Å². The van der Waals surface area contributed by atoms with E-state index in [9.17, 15) is 0 Å². The minimum atomic E-state index is -2.90. The maximum atomic E-state index is 7.43. The average molecular weight is 254 g/mol. The van der Waals surface area contributed by atoms with Gasteiger partial charge in [-0.15, -0.1) is 0 Å². The Morgan fingerprint density at radius 3 is 2.50 bits per heavy atom. The van der Waals surface area contributed by atoms with Crippen molar-refractivity contribution in [3.8, 4) is 5.88 Å². The Labute approximate surface area is 116 Å². The van der Waals surface area contributed by atoms with Gasteiger partial charge in [0.15, 0.2) is 0 Å². The lowest BCUT2D eigenvalue weighted by Gasteiger charge is -2.32. The summed E-state index contributed by atoms with van der Waals surface area (Å²) in [6.07, 6.45) is 1.42. The molecule has 2 rings (SSSR count). The lowest BCUT2D eigenvalue weighted by molar-refractivity contribution is 0.00578. The predicted octanol–water partition coefficient (Wildman–Crippen LogP) is 1.78. The van der Waals surface area contributed by atoms with Crippen molar-refractivity contribution < 1.29 is 20.9 Å². The number of hydrogen-bond donors (Lipinski definition) is 0. The van der Waals surface area contributed by atoms with Crippen LogP contribution in [0.15, 0.2) is 18.3 Å². The SMILES string of the molecule is [2H]C([2H])([2H])C([2H])([2H])Oc1ccc(B2OC(C)(C)C(C)(C)O2)cn1. The van der Waals surface area contributed by atoms with Gasteiger partial charge in [-0.25, -0.2) is 4.98 Å². The first-order chi connectivity index (χ1) is 10.3. The molecule has 98 valence electrons. The monoisotopic (exact) mass is 254 g/mol. The fraction of sp³-hybridized carbons (Fsp3) is 0.615. The molecule has 4 nitrogen and oxygen atoms in total. The molecule has 0 saturated carbocycles. The van der Waals surface area contributed by atoms with Crippen molar-refractivity contribution in [2.45, 2.75) is 45.7 Å². The summed E-state index contributed by atoms with van der Waals surface area (Å²) in [7, 11) is -0.596. The van der Waals surface area contributed by atoms with Crippen LogP contribution in [-0.2, 0) is 9.31 Å². The van der Waals surface area contributed by atoms with Gasteiger partial charge in [0.2, 0.25) is 5.88 Å². The maximum absolute atomic E-state index is 7.43. The van der Waals surface area contributed by atoms with Gasteiger partial charge in [-0.1, -0.05) is 6.07 Å². The van der Waals surface area contributed by atoms with E-state index in [1.54, 1.807) is 6.07 Å². The first-order valence-electron chi connectivity index (χ1n) is 8.26. The molecule has 0 aliphatic carbocycles. The van der Waals surface area contributed by atoms with E-state index in [4.69, 9.17) is 20.9 Å². The highest BCUT2D eigenvalue weighted by Gasteiger charge is 2.51. The largest absolute Gasteiger partial charge is 0.496 e. The standard InChI is InChI=1S/C13H20BNO3/c1-6-16-11-8-7-10(9-15-11)14-17-12(2,3)13(4,5)18-14/h7-9H,6H2,1-5H3/i1D3,6D2. The van der Waals surface area contributed by atoms with Crippen LogP contribution in [0.5, 0.6) is 5.88 Å². The normalized spacial score (nSPS) is 26.7. The van der Waals surface area contributed by atoms with Crippen LogP contribution >= 0.6 is 0 Å². The van der Waals surface area contributed by atoms with Crippen LogP contribution in [0.25, 0.3) is 0 Å². The van der Waals surface area contributed by atoms with Crippen LogP contribution in [0.2, 0.25) is 0 Å². The minimum Gasteiger partial charge on any atom is -0.478 e. The Kier molecular flexibility index (Phi) is 2.07. The highest BCUT2D eigenvalue weighted by molar-refractivity contribution is 6.62. The van der Waals surface area contributed by atoms with E-state index in [-0.39, 0.29) is 5.88 Å². The molecular weight excluding hydrogens is 229 g/mol. The molecular formula is C13H20BNO3. The van der Waals surface area contributed by atoms with Crippen molar-refractivity contribution >= 4 is 12.6 Å². The molecule has 1 saturated heterocycles. The third-order valence-corrected chi connectivity index (χ3v) is 3.44. The van der Waals surface area contributed by atoms with E-state index in [0.717, 1.165) is 0 Å². The fourth-order valence-electron chi connectivity index (χ4n) is 1.62. The summed E-state index contributed by atoms with van der Waals surface area (Å²) in [5.41, 5.74) is -0.317. The number of aromatic nitrogens is 1. The summed E-state index contributed by atoms with van der Waals surface area (Å²) in [6.45, 7) is 2.02. The summed E-state index contributed by atoms with van der Waals surface area (Å²) in [6, 6.07) is 3.00. The van der Waals surface area contributed by atoms with Crippen molar-refractivity contribution in [1.82, 2.24) is 4.98 Å². The first-order valence-corrected chi connectivity index (χ1v) is 5.76. The maximum Gasteiger partial charge on any atom is 0.496 e. The molecule has 0 aromatic carbocycles. The van der Waals surface area contributed by atoms with Gasteiger partial charge >= 0.3 is 7.12 Å². The molecule has 0 radical (unpaired) electrons. The number of pyridine rings is 1. The van der Waals surface area contributed by atoms with Gasteiger partial charge in [0.1, 0.15) is 0 Å². The van der Waals surface area contributed by atoms with Crippen LogP contribution in [-0.4, -0.2) is 29.9 Å². The molecule has 0 spiro atoms. The average Bonchev–Trinajstić information content (AvgIpc) is 2.57. The van der Waals surface area contributed by atoms with Gasteiger partial charge in [-0.05, 0) is 40.6 Å². The summed E-state index contributed by atoms with van der Waals surface area (Å²) < 4.78 is 52.8. The molecule has 0 bridgehead atoms. The van der Waals surface area contributed by atoms with Crippen molar-refractivity contribution in [3.63, 3.8) is 0 Å². The van der Waals surface area contributed by atoms with Gasteiger partial charge in [0.25, 0.3) is 0 Å². The molecule has 2 heterocycles. The molecule has 5 heteroatoms. The van der Waals surface area contributed by atoms with Gasteiger partial charge < -0.3 is 14.0 Å². The van der Waals surface area contributed by atoms with Crippen molar-refractivity contribution in [2.75, 3.05) is 6.56 Å². The second-order valence-corrected chi connectivity index (χ2v) is 5.22. The van der Waals surface area contributed by atoms with E-state index in [1.165, 1.54) is 12.3 Å². The van der Waals surface area contributed by atoms with Gasteiger partial charge in [0, 0.05) is 15.8 Å². The second-order valence-electron chi connectivity index (χ2n) is 5.22. The lowest BCUT2D eigenvalue weighted by atomic mass is 9.80. The van der Waals surface area contributed by atoms with E-state index >= 15 is 0 Å². The van der Waals surface area contributed by atoms with E-state index in [2.05, 4.69) is 4.98 Å². The molecule has 0 atom stereocenters. The van der Waals surface area contributed by atoms with Crippen LogP contribution in [0.1, 0.15) is 41.4 Å². The quantitative estimate of drug-likeness (QED) is 0.771. The molecule has 0 amide bonds. The molecule has 0 unspecified atom stereocenters. The van der Waals surface area contributed by atoms with Crippen molar-refractivity contribution in [2.24, 2.45) is 0 Å². The highest BCUT2D eigenvalue weighted by atomic mass is 16.7. The Morgan fingerprint density at radius 2 is 2.00 bits per heavy atom. The Bertz CT molecular complexity index is 558. The second kappa shape index (κ2) is 4.55. The van der Waals surface area contributed by atoms with E-state index in [0.29, 0.717) is 5.46 Å². The third kappa shape index (κ3) is 2.38. The van der Waals surface area contributed by atoms with E-state index < -0.39 is 31.7 Å². The predicted molar refractivity (Wildman–Crippen MR) is 71.1 cm³/mol. The Hall–Kier alpha value is -1.07. The van der Waals surface area contributed by atoms with Crippen molar-refractivity contribution in [1.29, 1.82) is 0 Å². The fourth-order valence-corrected chi connectivity index (χ4v) is 1.62. The summed E-state index contributed by atoms with van der Waals surface area (Å²) in [5, 5.41) is 0. The van der Waals surface area contributed by atoms with Gasteiger partial charge in [-0.3, -0.25) is 0 Å². The molecule has 1 fully saturated rings. The third-order valence-electron chi connectivity index (χ3n) is 3.44. The summed E-state index contributed by atoms with van der Waals surface area (Å²) in [4.78, 5) is 3.95. The zero-order chi connectivity index (χ0) is 17.7. The first kappa shape index (κ1) is 8.18. The Morgan fingerprint density at radius 1 is 1.33 bits per heavy atom. The molecule has 1 aliphatic rings. The highest BCUT2D eigenvalue weighted by Crippen LogP contribution is 2.36. The summed E-state index contributed by atoms with van der Waals surface area (Å²) in [5.74, 6) is -0.119. The summed E-state index contributed by atoms with van der Waals surface area (Å²) >= 11 is 0. The number of nitrogens with zero attached hydrogens (tertiary/aromatic N) is 1. The molecule has 1 aromatic heterocycles. The smallest absolute Gasteiger partial charge is 0.478 e. The lowest BCUT2D eigenvalue weighted by Crippen LogP contribution is -2.41. The molecule has 0 N–H and O–H groups in total. The molecule has 18 heavy (non-hydrogen) atoms. The van der Waals surface area contributed by atoms with Crippen LogP contribution in [0, 0.1) is 0 Å². The van der Waals surface area contributed by atoms with E-state index in [1.807, 2.05) is 27.7 Å². The van der Waals surface area contributed by atoms with Crippen LogP contribution < -0.4 is 10.2 Å². The number of hydrogen-bond acceptors (Lipinski definition) is 4. The molecule has 1 aromatic rings. The molecule has 1 aliphatic heterocycles. The minimum absolute atomic E-state index is 0.119. The van der Waals surface area contributed by atoms with Crippen molar-refractivity contribution in [3.05, 3.63) is 18.3 Å². The number of rotatable bonds is 3. The topological polar surface area (TPSA) is 40.6 Å². The van der Waals surface area contributed by atoms with Gasteiger partial charge in [0.05, 0.1) is 20.5 Å². The number of ether oxygens (including phenoxy) is 1. The Balaban J connectivity index is 2.13. The zero-order valence-corrected chi connectivity index (χ0v) is 11.0.